The molecule has 2 aromatic carbocycles. The minimum absolute atomic E-state index is 0.0350. The molecule has 20 heavy (non-hydrogen) atoms. The van der Waals surface area contributed by atoms with Crippen LogP contribution in [-0.2, 0) is 0 Å². The van der Waals surface area contributed by atoms with E-state index in [9.17, 15) is 0 Å². The summed E-state index contributed by atoms with van der Waals surface area (Å²) in [6.45, 7) is 6.23. The van der Waals surface area contributed by atoms with Gasteiger partial charge < -0.3 is 10.7 Å². The second kappa shape index (κ2) is 4.76. The third-order valence-electron chi connectivity index (χ3n) is 3.81. The van der Waals surface area contributed by atoms with Crippen LogP contribution < -0.4 is 5.73 Å². The Balaban J connectivity index is 2.10. The molecular formula is C17H19N3. The maximum Gasteiger partial charge on any atom is 0.138 e. The van der Waals surface area contributed by atoms with Gasteiger partial charge in [0.15, 0.2) is 0 Å². The lowest BCUT2D eigenvalue weighted by Gasteiger charge is -2.03. The van der Waals surface area contributed by atoms with E-state index in [0.29, 0.717) is 0 Å². The van der Waals surface area contributed by atoms with Crippen LogP contribution in [0.2, 0.25) is 0 Å². The number of imidazole rings is 1. The lowest BCUT2D eigenvalue weighted by molar-refractivity contribution is 0.819. The van der Waals surface area contributed by atoms with Gasteiger partial charge in [-0.3, -0.25) is 0 Å². The Morgan fingerprint density at radius 1 is 1.05 bits per heavy atom. The molecule has 1 unspecified atom stereocenters. The van der Waals surface area contributed by atoms with E-state index < -0.39 is 0 Å². The van der Waals surface area contributed by atoms with Crippen LogP contribution in [0.4, 0.5) is 0 Å². The molecule has 3 N–H and O–H groups in total. The van der Waals surface area contributed by atoms with Crippen LogP contribution in [-0.4, -0.2) is 9.97 Å². The van der Waals surface area contributed by atoms with E-state index in [1.165, 1.54) is 11.1 Å². The molecule has 0 radical (unpaired) electrons. The van der Waals surface area contributed by atoms with Crippen molar-refractivity contribution in [3.63, 3.8) is 0 Å². The van der Waals surface area contributed by atoms with Gasteiger partial charge in [0.05, 0.1) is 11.0 Å². The van der Waals surface area contributed by atoms with Crippen molar-refractivity contribution in [2.75, 3.05) is 0 Å². The summed E-state index contributed by atoms with van der Waals surface area (Å²) >= 11 is 0. The summed E-state index contributed by atoms with van der Waals surface area (Å²) in [4.78, 5) is 8.04. The zero-order valence-electron chi connectivity index (χ0n) is 12.1. The molecule has 0 spiro atoms. The third-order valence-corrected chi connectivity index (χ3v) is 3.81. The topological polar surface area (TPSA) is 54.7 Å². The Morgan fingerprint density at radius 2 is 1.85 bits per heavy atom. The number of aryl methyl sites for hydroxylation is 2. The molecular weight excluding hydrogens is 246 g/mol. The average Bonchev–Trinajstić information content (AvgIpc) is 2.84. The Kier molecular flexibility index (Phi) is 3.07. The van der Waals surface area contributed by atoms with Crippen LogP contribution in [0.25, 0.3) is 22.4 Å². The highest BCUT2D eigenvalue weighted by Crippen LogP contribution is 2.24. The summed E-state index contributed by atoms with van der Waals surface area (Å²) in [6, 6.07) is 12.6. The number of nitrogens with two attached hydrogens (primary N) is 1. The van der Waals surface area contributed by atoms with Gasteiger partial charge in [0.2, 0.25) is 0 Å². The molecule has 102 valence electrons. The van der Waals surface area contributed by atoms with Crippen LogP contribution in [0.1, 0.15) is 29.7 Å². The normalized spacial score (nSPS) is 12.8. The standard InChI is InChI=1S/C17H19N3/c1-10-4-5-14(8-11(10)2)17-19-15-7-6-13(12(3)18)9-16(15)20-17/h4-9,12H,18H2,1-3H3,(H,19,20). The first-order chi connectivity index (χ1) is 9.54. The second-order valence-electron chi connectivity index (χ2n) is 5.45. The van der Waals surface area contributed by atoms with Crippen molar-refractivity contribution < 1.29 is 0 Å². The molecule has 0 fully saturated rings. The van der Waals surface area contributed by atoms with Gasteiger partial charge in [-0.05, 0) is 55.7 Å². The van der Waals surface area contributed by atoms with Crippen molar-refractivity contribution in [2.24, 2.45) is 5.73 Å². The highest BCUT2D eigenvalue weighted by atomic mass is 14.9. The number of aromatic amines is 1. The van der Waals surface area contributed by atoms with Crippen molar-refractivity contribution in [3.05, 3.63) is 53.1 Å². The monoisotopic (exact) mass is 265 g/mol. The Morgan fingerprint density at radius 3 is 2.55 bits per heavy atom. The predicted octanol–water partition coefficient (Wildman–Crippen LogP) is 3.87. The minimum atomic E-state index is 0.0350. The van der Waals surface area contributed by atoms with Crippen LogP contribution >= 0.6 is 0 Å². The van der Waals surface area contributed by atoms with Crippen molar-refractivity contribution in [3.8, 4) is 11.4 Å². The van der Waals surface area contributed by atoms with Gasteiger partial charge >= 0.3 is 0 Å². The fraction of sp³-hybridized carbons (Fsp3) is 0.235. The molecule has 0 bridgehead atoms. The summed E-state index contributed by atoms with van der Waals surface area (Å²) in [5.74, 6) is 0.907. The van der Waals surface area contributed by atoms with Gasteiger partial charge in [-0.25, -0.2) is 4.98 Å². The second-order valence-corrected chi connectivity index (χ2v) is 5.45. The number of rotatable bonds is 2. The summed E-state index contributed by atoms with van der Waals surface area (Å²) in [6.07, 6.45) is 0. The third kappa shape index (κ3) is 2.21. The molecule has 3 aromatic rings. The first-order valence-corrected chi connectivity index (χ1v) is 6.87. The van der Waals surface area contributed by atoms with Crippen molar-refractivity contribution >= 4 is 11.0 Å². The summed E-state index contributed by atoms with van der Waals surface area (Å²) in [5, 5.41) is 0. The quantitative estimate of drug-likeness (QED) is 0.739. The SMILES string of the molecule is Cc1ccc(-c2nc3ccc(C(C)N)cc3[nH]2)cc1C. The van der Waals surface area contributed by atoms with Crippen LogP contribution in [0.15, 0.2) is 36.4 Å². The zero-order valence-corrected chi connectivity index (χ0v) is 12.1. The molecule has 1 heterocycles. The maximum atomic E-state index is 5.92. The maximum absolute atomic E-state index is 5.92. The smallest absolute Gasteiger partial charge is 0.138 e. The number of aromatic nitrogens is 2. The van der Waals surface area contributed by atoms with Gasteiger partial charge in [-0.2, -0.15) is 0 Å². The minimum Gasteiger partial charge on any atom is -0.338 e. The lowest BCUT2D eigenvalue weighted by atomic mass is 10.1. The Bertz CT molecular complexity index is 769. The molecule has 3 rings (SSSR count). The molecule has 0 aliphatic carbocycles. The molecule has 0 aliphatic rings. The van der Waals surface area contributed by atoms with E-state index in [0.717, 1.165) is 28.0 Å². The molecule has 0 amide bonds. The van der Waals surface area contributed by atoms with Crippen molar-refractivity contribution in [1.82, 2.24) is 9.97 Å². The first kappa shape index (κ1) is 12.9. The Labute approximate surface area is 118 Å². The molecule has 1 aromatic heterocycles. The molecule has 3 nitrogen and oxygen atoms in total. The van der Waals surface area contributed by atoms with E-state index in [4.69, 9.17) is 5.73 Å². The van der Waals surface area contributed by atoms with E-state index in [1.54, 1.807) is 0 Å². The summed E-state index contributed by atoms with van der Waals surface area (Å²) < 4.78 is 0. The van der Waals surface area contributed by atoms with Crippen molar-refractivity contribution in [2.45, 2.75) is 26.8 Å². The van der Waals surface area contributed by atoms with Gasteiger partial charge in [0, 0.05) is 11.6 Å². The highest BCUT2D eigenvalue weighted by Gasteiger charge is 2.08. The number of H-pyrrole nitrogens is 1. The van der Waals surface area contributed by atoms with Crippen LogP contribution in [0.3, 0.4) is 0 Å². The number of benzene rings is 2. The lowest BCUT2D eigenvalue weighted by Crippen LogP contribution is -2.04. The number of hydrogen-bond acceptors (Lipinski definition) is 2. The van der Waals surface area contributed by atoms with Gasteiger partial charge in [-0.15, -0.1) is 0 Å². The largest absolute Gasteiger partial charge is 0.338 e. The van der Waals surface area contributed by atoms with Gasteiger partial charge in [0.25, 0.3) is 0 Å². The van der Waals surface area contributed by atoms with E-state index >= 15 is 0 Å². The molecule has 0 saturated heterocycles. The number of nitrogens with one attached hydrogen (secondary N) is 1. The van der Waals surface area contributed by atoms with Crippen molar-refractivity contribution in [1.29, 1.82) is 0 Å². The highest BCUT2D eigenvalue weighted by molar-refractivity contribution is 5.80. The van der Waals surface area contributed by atoms with Gasteiger partial charge in [-0.1, -0.05) is 18.2 Å². The molecule has 3 heteroatoms. The van der Waals surface area contributed by atoms with E-state index in [-0.39, 0.29) is 6.04 Å². The number of hydrogen-bond donors (Lipinski definition) is 2. The molecule has 0 aliphatic heterocycles. The van der Waals surface area contributed by atoms with E-state index in [1.807, 2.05) is 19.1 Å². The number of nitrogens with zero attached hydrogens (tertiary/aromatic N) is 1. The summed E-state index contributed by atoms with van der Waals surface area (Å²) in [7, 11) is 0. The fourth-order valence-corrected chi connectivity index (χ4v) is 2.34. The van der Waals surface area contributed by atoms with Crippen LogP contribution in [0, 0.1) is 13.8 Å². The molecule has 0 saturated carbocycles. The fourth-order valence-electron chi connectivity index (χ4n) is 2.34. The van der Waals surface area contributed by atoms with Gasteiger partial charge in [0.1, 0.15) is 5.82 Å². The molecule has 1 atom stereocenters. The number of fused-ring (bicyclic) bond motifs is 1. The predicted molar refractivity (Wildman–Crippen MR) is 83.6 cm³/mol. The first-order valence-electron chi connectivity index (χ1n) is 6.87. The van der Waals surface area contributed by atoms with E-state index in [2.05, 4.69) is 48.1 Å². The van der Waals surface area contributed by atoms with Crippen LogP contribution in [0.5, 0.6) is 0 Å². The zero-order chi connectivity index (χ0) is 14.3. The summed E-state index contributed by atoms with van der Waals surface area (Å²) in [5.41, 5.74) is 12.7. The Hall–Kier alpha value is -2.13. The average molecular weight is 265 g/mol.